The maximum atomic E-state index is 9.68. The molecule has 3 atom stereocenters. The second kappa shape index (κ2) is 3.76. The lowest BCUT2D eigenvalue weighted by atomic mass is 9.95. The Kier molecular flexibility index (Phi) is 3.09. The molecule has 0 bridgehead atoms. The molecule has 2 N–H and O–H groups in total. The van der Waals surface area contributed by atoms with E-state index in [1.165, 1.54) is 0 Å². The van der Waals surface area contributed by atoms with Crippen molar-refractivity contribution in [1.82, 2.24) is 0 Å². The number of aliphatic hydroxyl groups is 2. The first-order valence-corrected chi connectivity index (χ1v) is 4.88. The summed E-state index contributed by atoms with van der Waals surface area (Å²) in [6.45, 7) is 7.98. The normalized spacial score (nSPS) is 34.5. The first-order valence-electron chi connectivity index (χ1n) is 4.88. The predicted octanol–water partition coefficient (Wildman–Crippen LogP) is 0.843. The van der Waals surface area contributed by atoms with E-state index in [1.54, 1.807) is 0 Å². The molecule has 3 nitrogen and oxygen atoms in total. The van der Waals surface area contributed by atoms with Crippen LogP contribution in [0.15, 0.2) is 4.99 Å². The molecule has 0 aliphatic carbocycles. The molecule has 1 rings (SSSR count). The van der Waals surface area contributed by atoms with Crippen molar-refractivity contribution < 1.29 is 10.2 Å². The van der Waals surface area contributed by atoms with Crippen molar-refractivity contribution in [1.29, 1.82) is 0 Å². The van der Waals surface area contributed by atoms with Crippen LogP contribution in [0.1, 0.15) is 27.7 Å². The standard InChI is InChI=1S/C10H19NO2/c1-5(2)7-9(12)10(13)8(11-7)6(3)4/h5-7,9-10,12-13H,1-4H3/t7?,9-,10+/m1/s1. The van der Waals surface area contributed by atoms with Gasteiger partial charge in [0.1, 0.15) is 12.2 Å². The van der Waals surface area contributed by atoms with Gasteiger partial charge in [0.15, 0.2) is 0 Å². The summed E-state index contributed by atoms with van der Waals surface area (Å²) >= 11 is 0. The summed E-state index contributed by atoms with van der Waals surface area (Å²) in [5.74, 6) is 0.495. The Morgan fingerprint density at radius 2 is 1.69 bits per heavy atom. The zero-order valence-corrected chi connectivity index (χ0v) is 8.73. The summed E-state index contributed by atoms with van der Waals surface area (Å²) in [6, 6.07) is -0.132. The van der Waals surface area contributed by atoms with Gasteiger partial charge in [0.2, 0.25) is 0 Å². The van der Waals surface area contributed by atoms with E-state index in [9.17, 15) is 10.2 Å². The van der Waals surface area contributed by atoms with Gasteiger partial charge in [0.25, 0.3) is 0 Å². The van der Waals surface area contributed by atoms with Crippen molar-refractivity contribution in [2.45, 2.75) is 45.9 Å². The highest BCUT2D eigenvalue weighted by atomic mass is 16.3. The molecular formula is C10H19NO2. The van der Waals surface area contributed by atoms with Crippen LogP contribution in [0.5, 0.6) is 0 Å². The van der Waals surface area contributed by atoms with E-state index in [-0.39, 0.29) is 17.9 Å². The molecular weight excluding hydrogens is 166 g/mol. The monoisotopic (exact) mass is 185 g/mol. The SMILES string of the molecule is CC(C)C1=NC(C(C)C)[C@@H](O)[C@H]1O. The van der Waals surface area contributed by atoms with Crippen LogP contribution in [0.25, 0.3) is 0 Å². The molecule has 0 fully saturated rings. The quantitative estimate of drug-likeness (QED) is 0.670. The molecule has 3 heteroatoms. The van der Waals surface area contributed by atoms with Crippen LogP contribution in [-0.4, -0.2) is 34.2 Å². The van der Waals surface area contributed by atoms with E-state index in [2.05, 4.69) is 4.99 Å². The summed E-state index contributed by atoms with van der Waals surface area (Å²) in [7, 11) is 0. The summed E-state index contributed by atoms with van der Waals surface area (Å²) < 4.78 is 0. The number of aliphatic hydroxyl groups excluding tert-OH is 2. The number of aliphatic imine (C=N–C) groups is 1. The second-order valence-corrected chi connectivity index (χ2v) is 4.38. The van der Waals surface area contributed by atoms with Crippen LogP contribution in [0.3, 0.4) is 0 Å². The minimum atomic E-state index is -0.757. The summed E-state index contributed by atoms with van der Waals surface area (Å²) in [5.41, 5.74) is 0.742. The highest BCUT2D eigenvalue weighted by Gasteiger charge is 2.38. The number of nitrogens with zero attached hydrogens (tertiary/aromatic N) is 1. The van der Waals surface area contributed by atoms with Crippen LogP contribution in [-0.2, 0) is 0 Å². The van der Waals surface area contributed by atoms with E-state index in [4.69, 9.17) is 0 Å². The zero-order valence-electron chi connectivity index (χ0n) is 8.73. The largest absolute Gasteiger partial charge is 0.388 e. The third-order valence-corrected chi connectivity index (χ3v) is 2.55. The van der Waals surface area contributed by atoms with Gasteiger partial charge in [-0.15, -0.1) is 0 Å². The van der Waals surface area contributed by atoms with Crippen molar-refractivity contribution >= 4 is 5.71 Å². The van der Waals surface area contributed by atoms with Crippen molar-refractivity contribution in [3.05, 3.63) is 0 Å². The van der Waals surface area contributed by atoms with Gasteiger partial charge < -0.3 is 10.2 Å². The van der Waals surface area contributed by atoms with E-state index < -0.39 is 12.2 Å². The highest BCUT2D eigenvalue weighted by Crippen LogP contribution is 2.24. The molecule has 0 saturated heterocycles. The summed E-state index contributed by atoms with van der Waals surface area (Å²) in [6.07, 6.45) is -1.47. The molecule has 0 spiro atoms. The molecule has 1 aliphatic heterocycles. The van der Waals surface area contributed by atoms with E-state index >= 15 is 0 Å². The maximum Gasteiger partial charge on any atom is 0.120 e. The molecule has 0 amide bonds. The molecule has 1 unspecified atom stereocenters. The molecule has 0 aromatic carbocycles. The van der Waals surface area contributed by atoms with Gasteiger partial charge in [0, 0.05) is 5.71 Å². The van der Waals surface area contributed by atoms with Crippen molar-refractivity contribution in [3.8, 4) is 0 Å². The number of hydrogen-bond donors (Lipinski definition) is 2. The van der Waals surface area contributed by atoms with E-state index in [0.717, 1.165) is 5.71 Å². The van der Waals surface area contributed by atoms with Gasteiger partial charge >= 0.3 is 0 Å². The second-order valence-electron chi connectivity index (χ2n) is 4.38. The van der Waals surface area contributed by atoms with E-state index in [0.29, 0.717) is 0 Å². The Morgan fingerprint density at radius 3 is 1.92 bits per heavy atom. The maximum absolute atomic E-state index is 9.68. The number of hydrogen-bond acceptors (Lipinski definition) is 3. The fourth-order valence-corrected chi connectivity index (χ4v) is 1.72. The molecule has 0 saturated carbocycles. The molecule has 1 aliphatic rings. The van der Waals surface area contributed by atoms with Crippen LogP contribution in [0.2, 0.25) is 0 Å². The fraction of sp³-hybridized carbons (Fsp3) is 0.900. The molecule has 1 heterocycles. The lowest BCUT2D eigenvalue weighted by molar-refractivity contribution is 0.0439. The van der Waals surface area contributed by atoms with Crippen LogP contribution >= 0.6 is 0 Å². The molecule has 0 aromatic heterocycles. The Bertz CT molecular complexity index is 211. The Balaban J connectivity index is 2.82. The molecule has 76 valence electrons. The lowest BCUT2D eigenvalue weighted by Gasteiger charge is -2.18. The highest BCUT2D eigenvalue weighted by molar-refractivity contribution is 5.92. The first kappa shape index (κ1) is 10.7. The Morgan fingerprint density at radius 1 is 1.15 bits per heavy atom. The average Bonchev–Trinajstić information content (AvgIpc) is 2.29. The third-order valence-electron chi connectivity index (χ3n) is 2.55. The van der Waals surface area contributed by atoms with Gasteiger partial charge in [-0.1, -0.05) is 27.7 Å². The van der Waals surface area contributed by atoms with Crippen LogP contribution < -0.4 is 0 Å². The van der Waals surface area contributed by atoms with Crippen molar-refractivity contribution in [3.63, 3.8) is 0 Å². The topological polar surface area (TPSA) is 52.8 Å². The molecule has 0 radical (unpaired) electrons. The molecule has 13 heavy (non-hydrogen) atoms. The Hall–Kier alpha value is -0.410. The van der Waals surface area contributed by atoms with Gasteiger partial charge in [0.05, 0.1) is 6.04 Å². The van der Waals surface area contributed by atoms with Gasteiger partial charge in [-0.3, -0.25) is 4.99 Å². The summed E-state index contributed by atoms with van der Waals surface area (Å²) in [5, 5.41) is 19.3. The zero-order chi connectivity index (χ0) is 10.2. The van der Waals surface area contributed by atoms with Gasteiger partial charge in [-0.05, 0) is 11.8 Å². The average molecular weight is 185 g/mol. The third kappa shape index (κ3) is 1.92. The number of rotatable bonds is 2. The lowest BCUT2D eigenvalue weighted by Crippen LogP contribution is -2.37. The molecule has 0 aromatic rings. The minimum absolute atomic E-state index is 0.132. The van der Waals surface area contributed by atoms with Gasteiger partial charge in [-0.25, -0.2) is 0 Å². The minimum Gasteiger partial charge on any atom is -0.388 e. The van der Waals surface area contributed by atoms with Crippen molar-refractivity contribution in [2.75, 3.05) is 0 Å². The fourth-order valence-electron chi connectivity index (χ4n) is 1.72. The first-order chi connectivity index (χ1) is 5.95. The Labute approximate surface area is 79.5 Å². The van der Waals surface area contributed by atoms with Crippen LogP contribution in [0, 0.1) is 11.8 Å². The van der Waals surface area contributed by atoms with E-state index in [1.807, 2.05) is 27.7 Å². The predicted molar refractivity (Wildman–Crippen MR) is 52.9 cm³/mol. The summed E-state index contributed by atoms with van der Waals surface area (Å²) in [4.78, 5) is 4.37. The van der Waals surface area contributed by atoms with Crippen LogP contribution in [0.4, 0.5) is 0 Å². The smallest absolute Gasteiger partial charge is 0.120 e. The van der Waals surface area contributed by atoms with Gasteiger partial charge in [-0.2, -0.15) is 0 Å². The van der Waals surface area contributed by atoms with Crippen molar-refractivity contribution in [2.24, 2.45) is 16.8 Å².